The number of hydrogen-bond acceptors (Lipinski definition) is 4. The van der Waals surface area contributed by atoms with E-state index in [1.54, 1.807) is 6.20 Å². The predicted octanol–water partition coefficient (Wildman–Crippen LogP) is 2.10. The third kappa shape index (κ3) is 2.33. The molecule has 0 radical (unpaired) electrons. The molecule has 1 saturated heterocycles. The van der Waals surface area contributed by atoms with E-state index in [9.17, 15) is 0 Å². The van der Waals surface area contributed by atoms with Gasteiger partial charge in [0.2, 0.25) is 0 Å². The van der Waals surface area contributed by atoms with Crippen LogP contribution in [-0.2, 0) is 11.3 Å². The zero-order chi connectivity index (χ0) is 13.3. The van der Waals surface area contributed by atoms with Gasteiger partial charge in [0.1, 0.15) is 5.82 Å². The second-order valence-electron chi connectivity index (χ2n) is 5.24. The molecule has 3 heterocycles. The summed E-state index contributed by atoms with van der Waals surface area (Å²) in [5.41, 5.74) is 7.74. The zero-order valence-corrected chi connectivity index (χ0v) is 11.0. The Morgan fingerprint density at radius 3 is 3.16 bits per heavy atom. The second kappa shape index (κ2) is 4.66. The maximum absolute atomic E-state index is 5.94. The number of nitrogens with zero attached hydrogens (tertiary/aromatic N) is 3. The second-order valence-corrected chi connectivity index (χ2v) is 5.24. The Labute approximate surface area is 112 Å². The number of ether oxygens (including phenoxy) is 1. The molecular formula is C14H18N4O. The number of aromatic nitrogens is 3. The number of imidazole rings is 1. The van der Waals surface area contributed by atoms with Gasteiger partial charge in [-0.3, -0.25) is 0 Å². The van der Waals surface area contributed by atoms with Crippen LogP contribution in [0.4, 0.5) is 5.82 Å². The summed E-state index contributed by atoms with van der Waals surface area (Å²) >= 11 is 0. The Hall–Kier alpha value is -1.88. The van der Waals surface area contributed by atoms with Crippen molar-refractivity contribution in [3.05, 3.63) is 30.9 Å². The molecule has 1 aliphatic heterocycles. The van der Waals surface area contributed by atoms with Crippen LogP contribution in [0.5, 0.6) is 0 Å². The lowest BCUT2D eigenvalue weighted by Crippen LogP contribution is -2.29. The quantitative estimate of drug-likeness (QED) is 0.915. The van der Waals surface area contributed by atoms with E-state index < -0.39 is 0 Å². The Morgan fingerprint density at radius 1 is 1.53 bits per heavy atom. The van der Waals surface area contributed by atoms with E-state index in [0.29, 0.717) is 5.82 Å². The zero-order valence-electron chi connectivity index (χ0n) is 11.0. The van der Waals surface area contributed by atoms with Crippen LogP contribution in [0.2, 0.25) is 0 Å². The van der Waals surface area contributed by atoms with Crippen LogP contribution in [0, 0.1) is 0 Å². The summed E-state index contributed by atoms with van der Waals surface area (Å²) in [6.45, 7) is 3.78. The molecule has 0 bridgehead atoms. The Morgan fingerprint density at radius 2 is 2.42 bits per heavy atom. The van der Waals surface area contributed by atoms with Gasteiger partial charge in [0.15, 0.2) is 0 Å². The molecule has 0 spiro atoms. The molecule has 2 aromatic rings. The molecular weight excluding hydrogens is 240 g/mol. The number of rotatable bonds is 3. The average Bonchev–Trinajstić information content (AvgIpc) is 3.00. The van der Waals surface area contributed by atoms with Crippen LogP contribution in [0.3, 0.4) is 0 Å². The molecule has 5 heteroatoms. The van der Waals surface area contributed by atoms with Gasteiger partial charge < -0.3 is 15.0 Å². The van der Waals surface area contributed by atoms with Crippen molar-refractivity contribution >= 4 is 5.82 Å². The molecule has 1 aliphatic rings. The number of hydrogen-bond donors (Lipinski definition) is 1. The van der Waals surface area contributed by atoms with Crippen molar-refractivity contribution in [1.29, 1.82) is 0 Å². The Balaban J connectivity index is 1.93. The molecule has 19 heavy (non-hydrogen) atoms. The fraction of sp³-hybridized carbons (Fsp3) is 0.429. The van der Waals surface area contributed by atoms with Crippen LogP contribution in [0.1, 0.15) is 19.8 Å². The van der Waals surface area contributed by atoms with E-state index in [4.69, 9.17) is 10.5 Å². The predicted molar refractivity (Wildman–Crippen MR) is 73.5 cm³/mol. The number of pyridine rings is 1. The van der Waals surface area contributed by atoms with Crippen molar-refractivity contribution in [3.63, 3.8) is 0 Å². The summed E-state index contributed by atoms with van der Waals surface area (Å²) in [4.78, 5) is 8.37. The molecule has 100 valence electrons. The van der Waals surface area contributed by atoms with E-state index in [1.807, 2.05) is 24.7 Å². The summed E-state index contributed by atoms with van der Waals surface area (Å²) in [6.07, 6.45) is 7.55. The van der Waals surface area contributed by atoms with Crippen molar-refractivity contribution in [2.24, 2.45) is 0 Å². The lowest BCUT2D eigenvalue weighted by atomic mass is 10.0. The van der Waals surface area contributed by atoms with Gasteiger partial charge in [0.05, 0.1) is 30.4 Å². The Bertz CT molecular complexity index is 572. The first-order valence-corrected chi connectivity index (χ1v) is 6.53. The van der Waals surface area contributed by atoms with E-state index in [-0.39, 0.29) is 5.60 Å². The van der Waals surface area contributed by atoms with E-state index in [0.717, 1.165) is 37.3 Å². The minimum atomic E-state index is -0.105. The molecule has 0 aromatic carbocycles. The molecule has 1 fully saturated rings. The van der Waals surface area contributed by atoms with Gasteiger partial charge >= 0.3 is 0 Å². The third-order valence-electron chi connectivity index (χ3n) is 3.63. The highest BCUT2D eigenvalue weighted by molar-refractivity contribution is 5.70. The first-order valence-electron chi connectivity index (χ1n) is 6.53. The Kier molecular flexibility index (Phi) is 2.98. The lowest BCUT2D eigenvalue weighted by molar-refractivity contribution is 0.00654. The summed E-state index contributed by atoms with van der Waals surface area (Å²) < 4.78 is 7.94. The van der Waals surface area contributed by atoms with Crippen LogP contribution < -0.4 is 5.73 Å². The van der Waals surface area contributed by atoms with Gasteiger partial charge in [-0.25, -0.2) is 9.97 Å². The average molecular weight is 258 g/mol. The SMILES string of the molecule is CC1(Cn2cncc2-c2cccnc2N)CCCO1. The smallest absolute Gasteiger partial charge is 0.132 e. The van der Waals surface area contributed by atoms with Gasteiger partial charge in [-0.05, 0) is 31.9 Å². The molecule has 3 rings (SSSR count). The minimum absolute atomic E-state index is 0.105. The van der Waals surface area contributed by atoms with E-state index in [2.05, 4.69) is 21.5 Å². The van der Waals surface area contributed by atoms with Gasteiger partial charge in [-0.2, -0.15) is 0 Å². The largest absolute Gasteiger partial charge is 0.383 e. The van der Waals surface area contributed by atoms with Crippen molar-refractivity contribution in [2.75, 3.05) is 12.3 Å². The summed E-state index contributed by atoms with van der Waals surface area (Å²) in [7, 11) is 0. The molecule has 2 N–H and O–H groups in total. The normalized spacial score (nSPS) is 22.8. The highest BCUT2D eigenvalue weighted by Gasteiger charge is 2.30. The van der Waals surface area contributed by atoms with Gasteiger partial charge in [-0.15, -0.1) is 0 Å². The van der Waals surface area contributed by atoms with Crippen LogP contribution in [0.25, 0.3) is 11.3 Å². The monoisotopic (exact) mass is 258 g/mol. The fourth-order valence-electron chi connectivity index (χ4n) is 2.63. The van der Waals surface area contributed by atoms with Gasteiger partial charge in [0.25, 0.3) is 0 Å². The first-order chi connectivity index (χ1) is 9.18. The standard InChI is InChI=1S/C14H18N4O/c1-14(5-3-7-19-14)9-18-10-16-8-12(18)11-4-2-6-17-13(11)15/h2,4,6,8,10H,3,5,7,9H2,1H3,(H2,15,17). The van der Waals surface area contributed by atoms with Crippen LogP contribution in [0.15, 0.2) is 30.9 Å². The summed E-state index contributed by atoms with van der Waals surface area (Å²) in [5, 5.41) is 0. The van der Waals surface area contributed by atoms with Gasteiger partial charge in [0, 0.05) is 18.4 Å². The number of nitrogens with two attached hydrogens (primary N) is 1. The minimum Gasteiger partial charge on any atom is -0.383 e. The van der Waals surface area contributed by atoms with Crippen molar-refractivity contribution < 1.29 is 4.74 Å². The molecule has 0 amide bonds. The molecule has 1 unspecified atom stereocenters. The summed E-state index contributed by atoms with van der Waals surface area (Å²) in [5.74, 6) is 0.529. The third-order valence-corrected chi connectivity index (χ3v) is 3.63. The number of nitrogen functional groups attached to an aromatic ring is 1. The maximum atomic E-state index is 5.94. The maximum Gasteiger partial charge on any atom is 0.132 e. The van der Waals surface area contributed by atoms with Crippen molar-refractivity contribution in [1.82, 2.24) is 14.5 Å². The molecule has 2 aromatic heterocycles. The van der Waals surface area contributed by atoms with Crippen molar-refractivity contribution in [3.8, 4) is 11.3 Å². The highest BCUT2D eigenvalue weighted by atomic mass is 16.5. The number of anilines is 1. The molecule has 1 atom stereocenters. The van der Waals surface area contributed by atoms with Crippen LogP contribution in [-0.4, -0.2) is 26.7 Å². The van der Waals surface area contributed by atoms with E-state index >= 15 is 0 Å². The first kappa shape index (κ1) is 12.2. The molecule has 5 nitrogen and oxygen atoms in total. The topological polar surface area (TPSA) is 66.0 Å². The lowest BCUT2D eigenvalue weighted by Gasteiger charge is -2.24. The van der Waals surface area contributed by atoms with Crippen molar-refractivity contribution in [2.45, 2.75) is 31.9 Å². The summed E-state index contributed by atoms with van der Waals surface area (Å²) in [6, 6.07) is 3.85. The molecule has 0 aliphatic carbocycles. The van der Waals surface area contributed by atoms with E-state index in [1.165, 1.54) is 0 Å². The fourth-order valence-corrected chi connectivity index (χ4v) is 2.63. The highest BCUT2D eigenvalue weighted by Crippen LogP contribution is 2.30. The molecule has 0 saturated carbocycles. The van der Waals surface area contributed by atoms with Gasteiger partial charge in [-0.1, -0.05) is 0 Å². The van der Waals surface area contributed by atoms with Crippen LogP contribution >= 0.6 is 0 Å².